The van der Waals surface area contributed by atoms with Gasteiger partial charge >= 0.3 is 6.09 Å². The number of halogens is 1. The molecule has 0 atom stereocenters. The van der Waals surface area contributed by atoms with E-state index in [2.05, 4.69) is 5.32 Å². The van der Waals surface area contributed by atoms with Crippen LogP contribution < -0.4 is 10.2 Å². The Morgan fingerprint density at radius 1 is 1.17 bits per heavy atom. The minimum Gasteiger partial charge on any atom is -0.465 e. The van der Waals surface area contributed by atoms with Gasteiger partial charge in [-0.05, 0) is 12.1 Å². The lowest BCUT2D eigenvalue weighted by atomic mass is 9.97. The summed E-state index contributed by atoms with van der Waals surface area (Å²) in [5, 5.41) is 22.7. The van der Waals surface area contributed by atoms with Gasteiger partial charge in [-0.15, -0.1) is 0 Å². The second kappa shape index (κ2) is 7.88. The number of nitro groups is 1. The highest BCUT2D eigenvalue weighted by atomic mass is 19.1. The van der Waals surface area contributed by atoms with E-state index in [0.717, 1.165) is 0 Å². The molecule has 2 saturated heterocycles. The van der Waals surface area contributed by atoms with Gasteiger partial charge in [-0.1, -0.05) is 18.2 Å². The number of benzene rings is 2. The topological polar surface area (TPSA) is 114 Å². The SMILES string of the molecule is O=C(O)Nc1cc(N2CCC3(CC2)OCCO3)c(-c2ccccc2F)cc1[N+](=O)[O-]. The number of rotatable bonds is 4. The minimum atomic E-state index is -1.42. The molecular weight excluding hydrogens is 397 g/mol. The molecular formula is C20H20FN3O6. The van der Waals surface area contributed by atoms with Crippen molar-refractivity contribution in [1.82, 2.24) is 0 Å². The number of ether oxygens (including phenoxy) is 2. The van der Waals surface area contributed by atoms with Gasteiger partial charge in [0.25, 0.3) is 5.69 Å². The van der Waals surface area contributed by atoms with Crippen LogP contribution in [0.3, 0.4) is 0 Å². The molecule has 4 rings (SSSR count). The predicted octanol–water partition coefficient (Wildman–Crippen LogP) is 3.83. The number of amides is 1. The maximum Gasteiger partial charge on any atom is 0.409 e. The van der Waals surface area contributed by atoms with E-state index in [1.165, 1.54) is 30.3 Å². The van der Waals surface area contributed by atoms with Gasteiger partial charge < -0.3 is 19.5 Å². The van der Waals surface area contributed by atoms with Crippen molar-refractivity contribution in [2.24, 2.45) is 0 Å². The number of hydrogen-bond donors (Lipinski definition) is 2. The molecule has 158 valence electrons. The first kappa shape index (κ1) is 20.0. The fraction of sp³-hybridized carbons (Fsp3) is 0.350. The predicted molar refractivity (Wildman–Crippen MR) is 106 cm³/mol. The van der Waals surface area contributed by atoms with Crippen molar-refractivity contribution in [3.63, 3.8) is 0 Å². The average molecular weight is 417 g/mol. The van der Waals surface area contributed by atoms with E-state index in [1.807, 2.05) is 4.90 Å². The zero-order valence-electron chi connectivity index (χ0n) is 16.0. The van der Waals surface area contributed by atoms with Crippen molar-refractivity contribution in [3.05, 3.63) is 52.3 Å². The Balaban J connectivity index is 1.79. The highest BCUT2D eigenvalue weighted by molar-refractivity contribution is 5.92. The van der Waals surface area contributed by atoms with E-state index in [-0.39, 0.29) is 11.3 Å². The summed E-state index contributed by atoms with van der Waals surface area (Å²) >= 11 is 0. The zero-order valence-corrected chi connectivity index (χ0v) is 16.0. The molecule has 2 aromatic rings. The molecule has 0 radical (unpaired) electrons. The van der Waals surface area contributed by atoms with Crippen molar-refractivity contribution in [2.45, 2.75) is 18.6 Å². The molecule has 2 heterocycles. The molecule has 2 N–H and O–H groups in total. The monoisotopic (exact) mass is 417 g/mol. The van der Waals surface area contributed by atoms with Gasteiger partial charge in [-0.3, -0.25) is 15.4 Å². The van der Waals surface area contributed by atoms with Crippen LogP contribution in [0, 0.1) is 15.9 Å². The first-order valence-electron chi connectivity index (χ1n) is 9.49. The van der Waals surface area contributed by atoms with E-state index >= 15 is 0 Å². The quantitative estimate of drug-likeness (QED) is 0.574. The number of nitrogens with one attached hydrogen (secondary N) is 1. The van der Waals surface area contributed by atoms with Crippen LogP contribution >= 0.6 is 0 Å². The molecule has 0 bridgehead atoms. The van der Waals surface area contributed by atoms with E-state index in [9.17, 15) is 19.3 Å². The molecule has 10 heteroatoms. The molecule has 0 unspecified atom stereocenters. The molecule has 9 nitrogen and oxygen atoms in total. The molecule has 0 saturated carbocycles. The Bertz CT molecular complexity index is 983. The summed E-state index contributed by atoms with van der Waals surface area (Å²) in [7, 11) is 0. The number of anilines is 2. The standard InChI is InChI=1S/C20H20FN3O6/c21-15-4-2-1-3-13(15)14-11-18(24(27)28)16(22-19(25)26)12-17(14)23-7-5-20(6-8-23)29-9-10-30-20/h1-4,11-12,22H,5-10H2,(H,25,26). The van der Waals surface area contributed by atoms with Gasteiger partial charge in [0.2, 0.25) is 0 Å². The average Bonchev–Trinajstić information content (AvgIpc) is 3.16. The van der Waals surface area contributed by atoms with Crippen molar-refractivity contribution < 1.29 is 28.7 Å². The minimum absolute atomic E-state index is 0.170. The van der Waals surface area contributed by atoms with Crippen LogP contribution in [-0.2, 0) is 9.47 Å². The van der Waals surface area contributed by atoms with Gasteiger partial charge in [0, 0.05) is 48.8 Å². The van der Waals surface area contributed by atoms with Crippen molar-refractivity contribution in [3.8, 4) is 11.1 Å². The van der Waals surface area contributed by atoms with E-state index < -0.39 is 28.3 Å². The van der Waals surface area contributed by atoms with Gasteiger partial charge in [0.1, 0.15) is 11.5 Å². The molecule has 2 aliphatic rings. The molecule has 0 aromatic heterocycles. The van der Waals surface area contributed by atoms with Gasteiger partial charge in [0.05, 0.1) is 18.1 Å². The zero-order chi connectivity index (χ0) is 21.3. The van der Waals surface area contributed by atoms with Gasteiger partial charge in [-0.25, -0.2) is 9.18 Å². The Labute approximate surface area is 171 Å². The van der Waals surface area contributed by atoms with Crippen molar-refractivity contribution >= 4 is 23.2 Å². The summed E-state index contributed by atoms with van der Waals surface area (Å²) in [6, 6.07) is 8.60. The number of nitrogens with zero attached hydrogens (tertiary/aromatic N) is 2. The number of hydrogen-bond acceptors (Lipinski definition) is 6. The molecule has 1 spiro atoms. The summed E-state index contributed by atoms with van der Waals surface area (Å²) in [6.45, 7) is 2.08. The molecule has 2 fully saturated rings. The molecule has 2 aromatic carbocycles. The van der Waals surface area contributed by atoms with Gasteiger partial charge in [-0.2, -0.15) is 0 Å². The number of nitro benzene ring substituents is 1. The maximum atomic E-state index is 14.6. The Morgan fingerprint density at radius 3 is 2.43 bits per heavy atom. The summed E-state index contributed by atoms with van der Waals surface area (Å²) in [5.41, 5.74) is 0.403. The largest absolute Gasteiger partial charge is 0.465 e. The number of carbonyl (C=O) groups is 1. The first-order chi connectivity index (χ1) is 14.4. The normalized spacial score (nSPS) is 17.8. The summed E-state index contributed by atoms with van der Waals surface area (Å²) < 4.78 is 26.0. The highest BCUT2D eigenvalue weighted by Gasteiger charge is 2.40. The van der Waals surface area contributed by atoms with Gasteiger partial charge in [0.15, 0.2) is 5.79 Å². The number of piperidine rings is 1. The first-order valence-corrected chi connectivity index (χ1v) is 9.49. The van der Waals surface area contributed by atoms with Crippen molar-refractivity contribution in [1.29, 1.82) is 0 Å². The Kier molecular flexibility index (Phi) is 5.27. The second-order valence-electron chi connectivity index (χ2n) is 7.15. The van der Waals surface area contributed by atoms with E-state index in [1.54, 1.807) is 6.07 Å². The van der Waals surface area contributed by atoms with Crippen LogP contribution in [0.25, 0.3) is 11.1 Å². The summed E-state index contributed by atoms with van der Waals surface area (Å²) in [5.74, 6) is -1.15. The fourth-order valence-corrected chi connectivity index (χ4v) is 3.97. The van der Waals surface area contributed by atoms with Crippen LogP contribution in [0.1, 0.15) is 12.8 Å². The van der Waals surface area contributed by atoms with Crippen LogP contribution in [0.2, 0.25) is 0 Å². The third kappa shape index (κ3) is 3.79. The van der Waals surface area contributed by atoms with Crippen LogP contribution in [0.5, 0.6) is 0 Å². The highest BCUT2D eigenvalue weighted by Crippen LogP contribution is 2.42. The van der Waals surface area contributed by atoms with Crippen LogP contribution in [0.15, 0.2) is 36.4 Å². The third-order valence-electron chi connectivity index (χ3n) is 5.40. The second-order valence-corrected chi connectivity index (χ2v) is 7.15. The Hall–Kier alpha value is -3.24. The lowest BCUT2D eigenvalue weighted by Crippen LogP contribution is -2.45. The summed E-state index contributed by atoms with van der Waals surface area (Å²) in [4.78, 5) is 24.0. The molecule has 30 heavy (non-hydrogen) atoms. The van der Waals surface area contributed by atoms with Crippen LogP contribution in [-0.4, -0.2) is 48.2 Å². The Morgan fingerprint density at radius 2 is 1.83 bits per heavy atom. The van der Waals surface area contributed by atoms with Crippen molar-refractivity contribution in [2.75, 3.05) is 36.5 Å². The smallest absolute Gasteiger partial charge is 0.409 e. The third-order valence-corrected chi connectivity index (χ3v) is 5.40. The molecule has 0 aliphatic carbocycles. The lowest BCUT2D eigenvalue weighted by Gasteiger charge is -2.39. The van der Waals surface area contributed by atoms with Crippen LogP contribution in [0.4, 0.5) is 26.2 Å². The molecule has 1 amide bonds. The number of carboxylic acid groups (broad SMARTS) is 1. The van der Waals surface area contributed by atoms with E-state index in [0.29, 0.717) is 50.4 Å². The fourth-order valence-electron chi connectivity index (χ4n) is 3.97. The lowest BCUT2D eigenvalue weighted by molar-refractivity contribution is -0.383. The molecule has 2 aliphatic heterocycles. The summed E-state index contributed by atoms with van der Waals surface area (Å²) in [6.07, 6.45) is -0.279. The van der Waals surface area contributed by atoms with E-state index in [4.69, 9.17) is 14.6 Å². The maximum absolute atomic E-state index is 14.6.